The number of nitrogens with zero attached hydrogens (tertiary/aromatic N) is 3. The summed E-state index contributed by atoms with van der Waals surface area (Å²) in [4.78, 5) is 10.7. The van der Waals surface area contributed by atoms with Crippen molar-refractivity contribution in [3.05, 3.63) is 11.9 Å². The van der Waals surface area contributed by atoms with Crippen molar-refractivity contribution in [2.45, 2.75) is 40.2 Å². The highest BCUT2D eigenvalue weighted by Crippen LogP contribution is 2.18. The van der Waals surface area contributed by atoms with E-state index in [2.05, 4.69) is 47.9 Å². The second-order valence-corrected chi connectivity index (χ2v) is 4.47. The zero-order valence-corrected chi connectivity index (χ0v) is 11.9. The minimum Gasteiger partial charge on any atom is -0.383 e. The molecule has 102 valence electrons. The highest BCUT2D eigenvalue weighted by molar-refractivity contribution is 5.55. The Hall–Kier alpha value is -1.36. The normalized spacial score (nSPS) is 12.7. The summed E-state index contributed by atoms with van der Waals surface area (Å²) in [5, 5.41) is 3.43. The summed E-state index contributed by atoms with van der Waals surface area (Å²) in [6.45, 7) is 11.7. The van der Waals surface area contributed by atoms with Gasteiger partial charge in [-0.3, -0.25) is 0 Å². The lowest BCUT2D eigenvalue weighted by Crippen LogP contribution is -2.35. The molecule has 1 rings (SSSR count). The predicted octanol–water partition coefficient (Wildman–Crippen LogP) is 1.76. The van der Waals surface area contributed by atoms with Crippen LogP contribution in [0.1, 0.15) is 33.3 Å². The molecule has 0 fully saturated rings. The van der Waals surface area contributed by atoms with E-state index in [4.69, 9.17) is 5.73 Å². The third kappa shape index (κ3) is 3.84. The van der Waals surface area contributed by atoms with E-state index < -0.39 is 0 Å². The maximum Gasteiger partial charge on any atom is 0.134 e. The number of hydrogen-bond acceptors (Lipinski definition) is 5. The molecule has 1 aromatic heterocycles. The molecule has 5 heteroatoms. The first kappa shape index (κ1) is 14.7. The zero-order valence-electron chi connectivity index (χ0n) is 11.9. The lowest BCUT2D eigenvalue weighted by molar-refractivity contribution is 0.294. The van der Waals surface area contributed by atoms with Crippen LogP contribution in [0.2, 0.25) is 0 Å². The first-order valence-corrected chi connectivity index (χ1v) is 6.70. The SMILES string of the molecule is CCc1c(N)ncnc1NC(C)CN(CC)CC. The van der Waals surface area contributed by atoms with Crippen LogP contribution in [0.25, 0.3) is 0 Å². The second kappa shape index (κ2) is 7.16. The van der Waals surface area contributed by atoms with Crippen LogP contribution in [0.5, 0.6) is 0 Å². The first-order valence-electron chi connectivity index (χ1n) is 6.70. The molecule has 0 saturated carbocycles. The lowest BCUT2D eigenvalue weighted by Gasteiger charge is -2.24. The van der Waals surface area contributed by atoms with Gasteiger partial charge < -0.3 is 16.0 Å². The number of hydrogen-bond donors (Lipinski definition) is 2. The van der Waals surface area contributed by atoms with Crippen molar-refractivity contribution in [3.63, 3.8) is 0 Å². The van der Waals surface area contributed by atoms with Crippen molar-refractivity contribution in [1.29, 1.82) is 0 Å². The quantitative estimate of drug-likeness (QED) is 0.773. The predicted molar refractivity (Wildman–Crippen MR) is 76.7 cm³/mol. The lowest BCUT2D eigenvalue weighted by atomic mass is 10.2. The minimum atomic E-state index is 0.338. The number of rotatable bonds is 7. The summed E-state index contributed by atoms with van der Waals surface area (Å²) >= 11 is 0. The Morgan fingerprint density at radius 2 is 1.94 bits per heavy atom. The highest BCUT2D eigenvalue weighted by Gasteiger charge is 2.11. The van der Waals surface area contributed by atoms with E-state index in [1.54, 1.807) is 0 Å². The Balaban J connectivity index is 2.69. The van der Waals surface area contributed by atoms with Crippen LogP contribution in [-0.4, -0.2) is 40.5 Å². The third-order valence-electron chi connectivity index (χ3n) is 3.14. The monoisotopic (exact) mass is 251 g/mol. The Kier molecular flexibility index (Phi) is 5.85. The maximum atomic E-state index is 5.86. The van der Waals surface area contributed by atoms with Gasteiger partial charge >= 0.3 is 0 Å². The fourth-order valence-electron chi connectivity index (χ4n) is 2.05. The van der Waals surface area contributed by atoms with Gasteiger partial charge in [-0.25, -0.2) is 9.97 Å². The van der Waals surface area contributed by atoms with Crippen molar-refractivity contribution >= 4 is 11.6 Å². The molecule has 0 aliphatic heterocycles. The van der Waals surface area contributed by atoms with E-state index in [1.807, 2.05) is 0 Å². The fourth-order valence-corrected chi connectivity index (χ4v) is 2.05. The first-order chi connectivity index (χ1) is 8.62. The van der Waals surface area contributed by atoms with Crippen molar-refractivity contribution in [2.75, 3.05) is 30.7 Å². The molecule has 1 aromatic rings. The van der Waals surface area contributed by atoms with Crippen LogP contribution in [0, 0.1) is 0 Å². The fraction of sp³-hybridized carbons (Fsp3) is 0.692. The third-order valence-corrected chi connectivity index (χ3v) is 3.14. The number of nitrogens with two attached hydrogens (primary N) is 1. The van der Waals surface area contributed by atoms with Gasteiger partial charge in [0.05, 0.1) is 0 Å². The van der Waals surface area contributed by atoms with Gasteiger partial charge in [0.15, 0.2) is 0 Å². The molecular formula is C13H25N5. The van der Waals surface area contributed by atoms with Crippen LogP contribution >= 0.6 is 0 Å². The molecule has 5 nitrogen and oxygen atoms in total. The van der Waals surface area contributed by atoms with Crippen LogP contribution in [0.3, 0.4) is 0 Å². The topological polar surface area (TPSA) is 67.1 Å². The van der Waals surface area contributed by atoms with Gasteiger partial charge in [0, 0.05) is 18.2 Å². The molecule has 18 heavy (non-hydrogen) atoms. The maximum absolute atomic E-state index is 5.86. The minimum absolute atomic E-state index is 0.338. The molecule has 0 bridgehead atoms. The van der Waals surface area contributed by atoms with Crippen LogP contribution in [0.15, 0.2) is 6.33 Å². The van der Waals surface area contributed by atoms with E-state index in [9.17, 15) is 0 Å². The largest absolute Gasteiger partial charge is 0.383 e. The number of likely N-dealkylation sites (N-methyl/N-ethyl adjacent to an activating group) is 1. The average Bonchev–Trinajstić information content (AvgIpc) is 2.36. The highest BCUT2D eigenvalue weighted by atomic mass is 15.2. The van der Waals surface area contributed by atoms with Gasteiger partial charge in [0.2, 0.25) is 0 Å². The van der Waals surface area contributed by atoms with Gasteiger partial charge in [-0.1, -0.05) is 20.8 Å². The summed E-state index contributed by atoms with van der Waals surface area (Å²) in [5.41, 5.74) is 6.86. The van der Waals surface area contributed by atoms with Crippen molar-refractivity contribution in [1.82, 2.24) is 14.9 Å². The number of nitrogens with one attached hydrogen (secondary N) is 1. The summed E-state index contributed by atoms with van der Waals surface area (Å²) in [5.74, 6) is 1.44. The second-order valence-electron chi connectivity index (χ2n) is 4.47. The van der Waals surface area contributed by atoms with Gasteiger partial charge in [-0.15, -0.1) is 0 Å². The van der Waals surface area contributed by atoms with Crippen LogP contribution in [0.4, 0.5) is 11.6 Å². The molecular weight excluding hydrogens is 226 g/mol. The molecule has 0 aromatic carbocycles. The summed E-state index contributed by atoms with van der Waals surface area (Å²) < 4.78 is 0. The molecule has 0 aliphatic carbocycles. The van der Waals surface area contributed by atoms with Gasteiger partial charge in [0.25, 0.3) is 0 Å². The molecule has 0 aliphatic rings. The molecule has 0 radical (unpaired) electrons. The Morgan fingerprint density at radius 1 is 1.28 bits per heavy atom. The van der Waals surface area contributed by atoms with Gasteiger partial charge in [-0.05, 0) is 26.4 Å². The summed E-state index contributed by atoms with van der Waals surface area (Å²) in [6.07, 6.45) is 2.36. The standard InChI is InChI=1S/C13H25N5/c1-5-11-12(14)15-9-16-13(11)17-10(4)8-18(6-2)7-3/h9-10H,5-8H2,1-4H3,(H3,14,15,16,17). The molecule has 1 atom stereocenters. The summed E-state index contributed by atoms with van der Waals surface area (Å²) in [7, 11) is 0. The Labute approximate surface area is 110 Å². The number of anilines is 2. The van der Waals surface area contributed by atoms with Crippen LogP contribution in [-0.2, 0) is 6.42 Å². The Morgan fingerprint density at radius 3 is 2.50 bits per heavy atom. The van der Waals surface area contributed by atoms with E-state index >= 15 is 0 Å². The van der Waals surface area contributed by atoms with Crippen molar-refractivity contribution in [2.24, 2.45) is 0 Å². The number of aromatic nitrogens is 2. The van der Waals surface area contributed by atoms with Crippen molar-refractivity contribution < 1.29 is 0 Å². The van der Waals surface area contributed by atoms with Gasteiger partial charge in [0.1, 0.15) is 18.0 Å². The van der Waals surface area contributed by atoms with E-state index in [0.717, 1.165) is 37.4 Å². The van der Waals surface area contributed by atoms with Crippen LogP contribution < -0.4 is 11.1 Å². The number of nitrogen functional groups attached to an aromatic ring is 1. The molecule has 3 N–H and O–H groups in total. The molecule has 0 saturated heterocycles. The van der Waals surface area contributed by atoms with E-state index in [-0.39, 0.29) is 0 Å². The zero-order chi connectivity index (χ0) is 13.5. The van der Waals surface area contributed by atoms with E-state index in [0.29, 0.717) is 11.9 Å². The van der Waals surface area contributed by atoms with Gasteiger partial charge in [-0.2, -0.15) is 0 Å². The molecule has 0 amide bonds. The van der Waals surface area contributed by atoms with Crippen molar-refractivity contribution in [3.8, 4) is 0 Å². The average molecular weight is 251 g/mol. The Bertz CT molecular complexity index is 362. The molecule has 1 unspecified atom stereocenters. The molecule has 1 heterocycles. The van der Waals surface area contributed by atoms with E-state index in [1.165, 1.54) is 6.33 Å². The molecule has 0 spiro atoms. The summed E-state index contributed by atoms with van der Waals surface area (Å²) in [6, 6.07) is 0.338. The smallest absolute Gasteiger partial charge is 0.134 e.